The van der Waals surface area contributed by atoms with Gasteiger partial charge >= 0.3 is 5.97 Å². The lowest BCUT2D eigenvalue weighted by atomic mass is 10.1. The molecule has 0 aromatic carbocycles. The average molecular weight is 263 g/mol. The molecule has 0 aliphatic rings. The van der Waals surface area contributed by atoms with Gasteiger partial charge in [-0.2, -0.15) is 0 Å². The number of aromatic carboxylic acids is 1. The van der Waals surface area contributed by atoms with Crippen molar-refractivity contribution in [3.63, 3.8) is 0 Å². The first-order chi connectivity index (χ1) is 8.49. The van der Waals surface area contributed by atoms with Crippen LogP contribution in [0.2, 0.25) is 0 Å². The molecular weight excluding hydrogens is 250 g/mol. The normalized spacial score (nSPS) is 11.2. The summed E-state index contributed by atoms with van der Waals surface area (Å²) in [7, 11) is 0. The molecule has 2 aromatic heterocycles. The summed E-state index contributed by atoms with van der Waals surface area (Å²) in [6.07, 6.45) is 3.22. The smallest absolute Gasteiger partial charge is 0.354 e. The van der Waals surface area contributed by atoms with Gasteiger partial charge < -0.3 is 10.4 Å². The monoisotopic (exact) mass is 263 g/mol. The molecule has 94 valence electrons. The first kappa shape index (κ1) is 12.5. The van der Waals surface area contributed by atoms with Crippen molar-refractivity contribution in [2.75, 3.05) is 5.32 Å². The molecule has 2 rings (SSSR count). The predicted molar refractivity (Wildman–Crippen MR) is 70.0 cm³/mol. The van der Waals surface area contributed by atoms with Gasteiger partial charge in [0, 0.05) is 23.5 Å². The molecule has 0 saturated heterocycles. The van der Waals surface area contributed by atoms with Crippen LogP contribution in [-0.2, 0) is 5.54 Å². The fourth-order valence-corrected chi connectivity index (χ4v) is 2.29. The number of thiazole rings is 1. The van der Waals surface area contributed by atoms with Crippen molar-refractivity contribution in [2.24, 2.45) is 0 Å². The van der Waals surface area contributed by atoms with Crippen molar-refractivity contribution in [2.45, 2.75) is 19.4 Å². The maximum Gasteiger partial charge on any atom is 0.354 e. The van der Waals surface area contributed by atoms with E-state index < -0.39 is 5.97 Å². The molecule has 0 radical (unpaired) electrons. The van der Waals surface area contributed by atoms with E-state index in [2.05, 4.69) is 15.3 Å². The largest absolute Gasteiger partial charge is 0.477 e. The lowest BCUT2D eigenvalue weighted by Gasteiger charge is -2.25. The minimum Gasteiger partial charge on any atom is -0.477 e. The Morgan fingerprint density at radius 2 is 2.17 bits per heavy atom. The summed E-state index contributed by atoms with van der Waals surface area (Å²) in [6.45, 7) is 3.99. The van der Waals surface area contributed by atoms with E-state index in [1.54, 1.807) is 23.6 Å². The number of hydrogen-bond acceptors (Lipinski definition) is 5. The number of carboxylic acids is 1. The summed E-state index contributed by atoms with van der Waals surface area (Å²) >= 11 is 1.55. The number of pyridine rings is 1. The number of rotatable bonds is 4. The molecule has 0 saturated carbocycles. The Hall–Kier alpha value is -1.95. The van der Waals surface area contributed by atoms with Crippen LogP contribution in [0.1, 0.15) is 29.3 Å². The Morgan fingerprint density at radius 1 is 1.39 bits per heavy atom. The van der Waals surface area contributed by atoms with Gasteiger partial charge in [0.05, 0.1) is 5.54 Å². The van der Waals surface area contributed by atoms with Crippen LogP contribution in [0.5, 0.6) is 0 Å². The van der Waals surface area contributed by atoms with E-state index in [1.165, 1.54) is 12.3 Å². The lowest BCUT2D eigenvalue weighted by molar-refractivity contribution is 0.0690. The third kappa shape index (κ3) is 2.65. The van der Waals surface area contributed by atoms with Crippen molar-refractivity contribution in [1.29, 1.82) is 0 Å². The molecule has 2 N–H and O–H groups in total. The van der Waals surface area contributed by atoms with Crippen LogP contribution in [0.4, 0.5) is 5.69 Å². The summed E-state index contributed by atoms with van der Waals surface area (Å²) in [5, 5.41) is 15.0. The summed E-state index contributed by atoms with van der Waals surface area (Å²) in [4.78, 5) is 18.9. The predicted octanol–water partition coefficient (Wildman–Crippen LogP) is 2.58. The van der Waals surface area contributed by atoms with Gasteiger partial charge in [-0.25, -0.2) is 14.8 Å². The fourth-order valence-electron chi connectivity index (χ4n) is 1.57. The number of hydrogen-bond donors (Lipinski definition) is 2. The van der Waals surface area contributed by atoms with Crippen molar-refractivity contribution in [1.82, 2.24) is 9.97 Å². The summed E-state index contributed by atoms with van der Waals surface area (Å²) in [5.41, 5.74) is 0.378. The van der Waals surface area contributed by atoms with Crippen molar-refractivity contribution >= 4 is 23.0 Å². The van der Waals surface area contributed by atoms with Gasteiger partial charge in [-0.3, -0.25) is 0 Å². The van der Waals surface area contributed by atoms with Crippen LogP contribution in [0.3, 0.4) is 0 Å². The number of nitrogens with zero attached hydrogens (tertiary/aromatic N) is 2. The Morgan fingerprint density at radius 3 is 2.78 bits per heavy atom. The molecule has 2 heterocycles. The third-order valence-electron chi connectivity index (χ3n) is 2.40. The highest BCUT2D eigenvalue weighted by Gasteiger charge is 2.23. The molecule has 0 atom stereocenters. The van der Waals surface area contributed by atoms with Gasteiger partial charge in [-0.05, 0) is 26.0 Å². The number of carbonyl (C=O) groups is 1. The van der Waals surface area contributed by atoms with Gasteiger partial charge in [0.1, 0.15) is 10.7 Å². The van der Waals surface area contributed by atoms with Crippen LogP contribution in [0.15, 0.2) is 29.9 Å². The average Bonchev–Trinajstić information content (AvgIpc) is 2.82. The molecule has 0 aliphatic heterocycles. The number of carboxylic acid groups (broad SMARTS) is 1. The van der Waals surface area contributed by atoms with Gasteiger partial charge in [0.2, 0.25) is 0 Å². The second kappa shape index (κ2) is 4.73. The van der Waals surface area contributed by atoms with Crippen molar-refractivity contribution < 1.29 is 9.90 Å². The van der Waals surface area contributed by atoms with E-state index in [-0.39, 0.29) is 11.2 Å². The summed E-state index contributed by atoms with van der Waals surface area (Å²) in [6, 6.07) is 3.25. The fraction of sp³-hybridized carbons (Fsp3) is 0.250. The first-order valence-electron chi connectivity index (χ1n) is 5.36. The number of anilines is 1. The molecule has 0 unspecified atom stereocenters. The second-order valence-electron chi connectivity index (χ2n) is 4.32. The van der Waals surface area contributed by atoms with E-state index in [9.17, 15) is 4.79 Å². The topological polar surface area (TPSA) is 75.1 Å². The van der Waals surface area contributed by atoms with E-state index in [0.717, 1.165) is 5.01 Å². The molecule has 0 fully saturated rings. The molecule has 5 nitrogen and oxygen atoms in total. The summed E-state index contributed by atoms with van der Waals surface area (Å²) in [5.74, 6) is -1.04. The Bertz CT molecular complexity index is 552. The van der Waals surface area contributed by atoms with Crippen molar-refractivity contribution in [3.8, 4) is 0 Å². The highest BCUT2D eigenvalue weighted by Crippen LogP contribution is 2.27. The van der Waals surface area contributed by atoms with E-state index in [4.69, 9.17) is 5.11 Å². The third-order valence-corrected chi connectivity index (χ3v) is 3.50. The van der Waals surface area contributed by atoms with E-state index >= 15 is 0 Å². The van der Waals surface area contributed by atoms with Gasteiger partial charge in [-0.15, -0.1) is 11.3 Å². The first-order valence-corrected chi connectivity index (χ1v) is 6.24. The highest BCUT2D eigenvalue weighted by atomic mass is 32.1. The molecular formula is C12H13N3O2S. The van der Waals surface area contributed by atoms with Crippen molar-refractivity contribution in [3.05, 3.63) is 40.6 Å². The lowest BCUT2D eigenvalue weighted by Crippen LogP contribution is -2.27. The quantitative estimate of drug-likeness (QED) is 0.886. The van der Waals surface area contributed by atoms with Crippen LogP contribution in [0, 0.1) is 0 Å². The molecule has 6 heteroatoms. The maximum atomic E-state index is 10.8. The zero-order valence-corrected chi connectivity index (χ0v) is 10.9. The Labute approximate surface area is 109 Å². The highest BCUT2D eigenvalue weighted by molar-refractivity contribution is 7.09. The SMILES string of the molecule is CC(C)(Nc1ccnc(C(=O)O)c1)c1nccs1. The maximum absolute atomic E-state index is 10.8. The Balaban J connectivity index is 2.24. The van der Waals surface area contributed by atoms with Crippen LogP contribution >= 0.6 is 11.3 Å². The van der Waals surface area contributed by atoms with E-state index in [1.807, 2.05) is 19.2 Å². The van der Waals surface area contributed by atoms with Gasteiger partial charge in [0.15, 0.2) is 0 Å². The molecule has 0 bridgehead atoms. The van der Waals surface area contributed by atoms with Crippen LogP contribution in [0.25, 0.3) is 0 Å². The zero-order chi connectivity index (χ0) is 13.2. The molecule has 0 spiro atoms. The van der Waals surface area contributed by atoms with E-state index in [0.29, 0.717) is 5.69 Å². The molecule has 0 aliphatic carbocycles. The zero-order valence-electron chi connectivity index (χ0n) is 10.0. The minimum atomic E-state index is -1.04. The number of aromatic nitrogens is 2. The van der Waals surface area contributed by atoms with Crippen LogP contribution in [-0.4, -0.2) is 21.0 Å². The van der Waals surface area contributed by atoms with Gasteiger partial charge in [0.25, 0.3) is 0 Å². The van der Waals surface area contributed by atoms with Crippen LogP contribution < -0.4 is 5.32 Å². The molecule has 0 amide bonds. The minimum absolute atomic E-state index is 0.0231. The Kier molecular flexibility index (Phi) is 3.29. The molecule has 2 aromatic rings. The second-order valence-corrected chi connectivity index (χ2v) is 5.22. The standard InChI is InChI=1S/C12H13N3O2S/c1-12(2,11-14-5-6-18-11)15-8-3-4-13-9(7-8)10(16)17/h3-7H,1-2H3,(H,13,15)(H,16,17). The number of nitrogens with one attached hydrogen (secondary N) is 1. The van der Waals surface area contributed by atoms with Gasteiger partial charge in [-0.1, -0.05) is 0 Å². The molecule has 18 heavy (non-hydrogen) atoms. The summed E-state index contributed by atoms with van der Waals surface area (Å²) < 4.78 is 0.